The van der Waals surface area contributed by atoms with Gasteiger partial charge in [0.25, 0.3) is 0 Å². The maximum Gasteiger partial charge on any atom is 0.136 e. The van der Waals surface area contributed by atoms with Crippen molar-refractivity contribution < 1.29 is 0 Å². The van der Waals surface area contributed by atoms with Gasteiger partial charge in [-0.25, -0.2) is 9.97 Å². The predicted octanol–water partition coefficient (Wildman–Crippen LogP) is 2.67. The number of aromatic nitrogens is 2. The minimum absolute atomic E-state index is 0.459. The minimum atomic E-state index is 0.459. The molecule has 1 saturated heterocycles. The Hall–Kier alpha value is -1.66. The van der Waals surface area contributed by atoms with E-state index in [9.17, 15) is 0 Å². The molecule has 0 amide bonds. The highest BCUT2D eigenvalue weighted by atomic mass is 79.9. The molecule has 1 fully saturated rings. The monoisotopic (exact) mass is 333 g/mol. The molecule has 0 spiro atoms. The van der Waals surface area contributed by atoms with E-state index in [1.807, 2.05) is 37.3 Å². The van der Waals surface area contributed by atoms with Gasteiger partial charge >= 0.3 is 0 Å². The van der Waals surface area contributed by atoms with Gasteiger partial charge in [-0.1, -0.05) is 12.1 Å². The predicted molar refractivity (Wildman–Crippen MR) is 84.5 cm³/mol. The Morgan fingerprint density at radius 1 is 1.20 bits per heavy atom. The van der Waals surface area contributed by atoms with Gasteiger partial charge < -0.3 is 16.0 Å². The lowest BCUT2D eigenvalue weighted by Crippen LogP contribution is -2.51. The molecule has 1 aromatic carbocycles. The first-order chi connectivity index (χ1) is 9.70. The standard InChI is InChI=1S/C14H16BrN5/c1-9-17-13(19-10-7-16-8-10)6-14(18-9)20-12-5-3-2-4-11(12)15/h2-6,10,16H,7-8H2,1H3,(H2,17,18,19,20). The number of rotatable bonds is 4. The summed E-state index contributed by atoms with van der Waals surface area (Å²) in [5.74, 6) is 2.40. The number of halogens is 1. The highest BCUT2D eigenvalue weighted by Crippen LogP contribution is 2.25. The molecule has 2 heterocycles. The average molecular weight is 334 g/mol. The molecule has 0 unspecified atom stereocenters. The molecule has 3 N–H and O–H groups in total. The van der Waals surface area contributed by atoms with E-state index < -0.39 is 0 Å². The topological polar surface area (TPSA) is 61.9 Å². The Bertz CT molecular complexity index is 612. The highest BCUT2D eigenvalue weighted by Gasteiger charge is 2.17. The van der Waals surface area contributed by atoms with E-state index >= 15 is 0 Å². The van der Waals surface area contributed by atoms with E-state index in [4.69, 9.17) is 0 Å². The van der Waals surface area contributed by atoms with E-state index in [-0.39, 0.29) is 0 Å². The molecule has 20 heavy (non-hydrogen) atoms. The molecule has 0 aliphatic carbocycles. The number of aryl methyl sites for hydroxylation is 1. The molecule has 1 aliphatic heterocycles. The van der Waals surface area contributed by atoms with Crippen LogP contribution in [-0.4, -0.2) is 29.1 Å². The number of anilines is 3. The van der Waals surface area contributed by atoms with Crippen LogP contribution in [0.25, 0.3) is 0 Å². The van der Waals surface area contributed by atoms with Crippen LogP contribution < -0.4 is 16.0 Å². The van der Waals surface area contributed by atoms with Crippen molar-refractivity contribution in [3.63, 3.8) is 0 Å². The van der Waals surface area contributed by atoms with Crippen LogP contribution >= 0.6 is 15.9 Å². The zero-order valence-corrected chi connectivity index (χ0v) is 12.7. The normalized spacial score (nSPS) is 14.7. The van der Waals surface area contributed by atoms with Gasteiger partial charge in [0.05, 0.1) is 11.7 Å². The van der Waals surface area contributed by atoms with Crippen molar-refractivity contribution in [1.29, 1.82) is 0 Å². The molecule has 0 atom stereocenters. The zero-order valence-electron chi connectivity index (χ0n) is 11.2. The van der Waals surface area contributed by atoms with Crippen molar-refractivity contribution in [2.75, 3.05) is 23.7 Å². The Morgan fingerprint density at radius 2 is 1.95 bits per heavy atom. The van der Waals surface area contributed by atoms with Gasteiger partial charge in [0.2, 0.25) is 0 Å². The first-order valence-corrected chi connectivity index (χ1v) is 7.34. The molecular formula is C14H16BrN5. The third-order valence-electron chi connectivity index (χ3n) is 3.11. The average Bonchev–Trinajstić information content (AvgIpc) is 2.36. The molecule has 1 aromatic heterocycles. The van der Waals surface area contributed by atoms with Gasteiger partial charge in [-0.2, -0.15) is 0 Å². The molecule has 104 valence electrons. The van der Waals surface area contributed by atoms with Crippen molar-refractivity contribution in [3.05, 3.63) is 40.6 Å². The number of nitrogens with one attached hydrogen (secondary N) is 3. The summed E-state index contributed by atoms with van der Waals surface area (Å²) in [7, 11) is 0. The minimum Gasteiger partial charge on any atom is -0.365 e. The first kappa shape index (κ1) is 13.3. The third-order valence-corrected chi connectivity index (χ3v) is 3.80. The van der Waals surface area contributed by atoms with Crippen molar-refractivity contribution in [2.24, 2.45) is 0 Å². The summed E-state index contributed by atoms with van der Waals surface area (Å²) in [6.45, 7) is 3.86. The molecule has 6 heteroatoms. The van der Waals surface area contributed by atoms with Gasteiger partial charge in [0.1, 0.15) is 17.5 Å². The lowest BCUT2D eigenvalue weighted by molar-refractivity contribution is 0.471. The van der Waals surface area contributed by atoms with Crippen LogP contribution in [0.2, 0.25) is 0 Å². The number of para-hydroxylation sites is 1. The molecule has 3 rings (SSSR count). The van der Waals surface area contributed by atoms with Crippen molar-refractivity contribution in [1.82, 2.24) is 15.3 Å². The number of hydrogen-bond donors (Lipinski definition) is 3. The Morgan fingerprint density at radius 3 is 2.65 bits per heavy atom. The fraction of sp³-hybridized carbons (Fsp3) is 0.286. The van der Waals surface area contributed by atoms with E-state index in [1.165, 1.54) is 0 Å². The van der Waals surface area contributed by atoms with Gasteiger partial charge in [-0.05, 0) is 35.0 Å². The van der Waals surface area contributed by atoms with Crippen LogP contribution in [0, 0.1) is 6.92 Å². The summed E-state index contributed by atoms with van der Waals surface area (Å²) in [5, 5.41) is 9.93. The molecule has 2 aromatic rings. The highest BCUT2D eigenvalue weighted by molar-refractivity contribution is 9.10. The smallest absolute Gasteiger partial charge is 0.136 e. The summed E-state index contributed by atoms with van der Waals surface area (Å²) >= 11 is 3.52. The quantitative estimate of drug-likeness (QED) is 0.802. The lowest BCUT2D eigenvalue weighted by atomic mass is 10.2. The van der Waals surface area contributed by atoms with E-state index in [2.05, 4.69) is 41.8 Å². The van der Waals surface area contributed by atoms with Crippen molar-refractivity contribution in [3.8, 4) is 0 Å². The van der Waals surface area contributed by atoms with Gasteiger partial charge in [0, 0.05) is 23.6 Å². The van der Waals surface area contributed by atoms with Crippen LogP contribution in [0.5, 0.6) is 0 Å². The molecule has 0 saturated carbocycles. The summed E-state index contributed by atoms with van der Waals surface area (Å²) in [6, 6.07) is 10.4. The lowest BCUT2D eigenvalue weighted by Gasteiger charge is -2.28. The van der Waals surface area contributed by atoms with Crippen LogP contribution in [0.4, 0.5) is 17.3 Å². The fourth-order valence-electron chi connectivity index (χ4n) is 2.01. The number of benzene rings is 1. The second-order valence-electron chi connectivity index (χ2n) is 4.79. The molecule has 5 nitrogen and oxygen atoms in total. The maximum atomic E-state index is 4.42. The molecule has 0 bridgehead atoms. The van der Waals surface area contributed by atoms with Crippen LogP contribution in [0.15, 0.2) is 34.8 Å². The number of hydrogen-bond acceptors (Lipinski definition) is 5. The molecular weight excluding hydrogens is 318 g/mol. The summed E-state index contributed by atoms with van der Waals surface area (Å²) in [6.07, 6.45) is 0. The Kier molecular flexibility index (Phi) is 3.84. The summed E-state index contributed by atoms with van der Waals surface area (Å²) in [4.78, 5) is 8.84. The second kappa shape index (κ2) is 5.76. The van der Waals surface area contributed by atoms with Gasteiger partial charge in [-0.3, -0.25) is 0 Å². The maximum absolute atomic E-state index is 4.42. The second-order valence-corrected chi connectivity index (χ2v) is 5.64. The summed E-state index contributed by atoms with van der Waals surface area (Å²) in [5.41, 5.74) is 0.988. The van der Waals surface area contributed by atoms with E-state index in [0.29, 0.717) is 6.04 Å². The molecule has 0 radical (unpaired) electrons. The Balaban J connectivity index is 1.80. The van der Waals surface area contributed by atoms with Crippen molar-refractivity contribution >= 4 is 33.3 Å². The SMILES string of the molecule is Cc1nc(Nc2ccccc2Br)cc(NC2CNC2)n1. The zero-order chi connectivity index (χ0) is 13.9. The van der Waals surface area contributed by atoms with E-state index in [0.717, 1.165) is 40.7 Å². The Labute approximate surface area is 126 Å². The van der Waals surface area contributed by atoms with Gasteiger partial charge in [-0.15, -0.1) is 0 Å². The number of nitrogens with zero attached hydrogens (tertiary/aromatic N) is 2. The van der Waals surface area contributed by atoms with Crippen LogP contribution in [0.3, 0.4) is 0 Å². The third kappa shape index (κ3) is 3.08. The fourth-order valence-corrected chi connectivity index (χ4v) is 2.39. The summed E-state index contributed by atoms with van der Waals surface area (Å²) < 4.78 is 1.01. The largest absolute Gasteiger partial charge is 0.365 e. The first-order valence-electron chi connectivity index (χ1n) is 6.55. The van der Waals surface area contributed by atoms with Crippen molar-refractivity contribution in [2.45, 2.75) is 13.0 Å². The van der Waals surface area contributed by atoms with Crippen LogP contribution in [0.1, 0.15) is 5.82 Å². The van der Waals surface area contributed by atoms with E-state index in [1.54, 1.807) is 0 Å². The van der Waals surface area contributed by atoms with Gasteiger partial charge in [0.15, 0.2) is 0 Å². The van der Waals surface area contributed by atoms with Crippen LogP contribution in [-0.2, 0) is 0 Å². The molecule has 1 aliphatic rings.